The maximum atomic E-state index is 13.8. The average Bonchev–Trinajstić information content (AvgIpc) is 3.71. The monoisotopic (exact) mass is 764 g/mol. The molecule has 1 saturated heterocycles. The lowest BCUT2D eigenvalue weighted by molar-refractivity contribution is -0.136. The largest absolute Gasteiger partial charge is 0.384 e. The maximum Gasteiger partial charge on any atom is 0.276 e. The highest BCUT2D eigenvalue weighted by atomic mass is 16.2. The molecule has 7 N–H and O–H groups in total. The number of piperidine rings is 1. The number of carbonyl (C=O) groups excluding carboxylic acids is 7. The molecule has 2 spiro atoms. The number of hydrogen-bond acceptors (Lipinski definition) is 12. The molecule has 3 aromatic rings. The molecule has 56 heavy (non-hydrogen) atoms. The van der Waals surface area contributed by atoms with Gasteiger partial charge in [-0.3, -0.25) is 53.1 Å². The van der Waals surface area contributed by atoms with Crippen LogP contribution in [0, 0.1) is 18.3 Å². The first kappa shape index (κ1) is 36.5. The van der Waals surface area contributed by atoms with Gasteiger partial charge >= 0.3 is 0 Å². The first-order chi connectivity index (χ1) is 26.8. The van der Waals surface area contributed by atoms with E-state index in [2.05, 4.69) is 36.6 Å². The molecular weight excluding hydrogens is 724 g/mol. The summed E-state index contributed by atoms with van der Waals surface area (Å²) in [4.78, 5) is 112. The molecule has 5 heterocycles. The summed E-state index contributed by atoms with van der Waals surface area (Å²) in [6, 6.07) is 6.42. The lowest BCUT2D eigenvalue weighted by atomic mass is 9.78. The van der Waals surface area contributed by atoms with Crippen molar-refractivity contribution in [3.05, 3.63) is 69.4 Å². The third-order valence-electron chi connectivity index (χ3n) is 11.8. The number of rotatable bonds is 10. The highest BCUT2D eigenvalue weighted by molar-refractivity contribution is 6.24. The number of nitrogens with zero attached hydrogens (tertiary/aromatic N) is 4. The Bertz CT molecular complexity index is 2310. The minimum Gasteiger partial charge on any atom is -0.384 e. The van der Waals surface area contributed by atoms with Gasteiger partial charge in [0.1, 0.15) is 41.0 Å². The molecule has 18 heteroatoms. The molecule has 7 amide bonds. The zero-order valence-electron chi connectivity index (χ0n) is 30.5. The third kappa shape index (κ3) is 6.33. The van der Waals surface area contributed by atoms with Crippen molar-refractivity contribution in [3.8, 4) is 0 Å². The zero-order chi connectivity index (χ0) is 39.5. The van der Waals surface area contributed by atoms with Gasteiger partial charge < -0.3 is 27.0 Å². The van der Waals surface area contributed by atoms with Crippen molar-refractivity contribution in [3.63, 3.8) is 0 Å². The second-order valence-electron chi connectivity index (χ2n) is 15.3. The van der Waals surface area contributed by atoms with Crippen LogP contribution in [0.25, 0.3) is 0 Å². The minimum atomic E-state index is -1.08. The highest BCUT2D eigenvalue weighted by Gasteiger charge is 2.62. The number of anilines is 4. The number of fused-ring (bicyclic) bond motifs is 3. The molecule has 2 aromatic heterocycles. The van der Waals surface area contributed by atoms with Gasteiger partial charge in [0.15, 0.2) is 0 Å². The predicted octanol–water partition coefficient (Wildman–Crippen LogP) is 1.58. The Morgan fingerprint density at radius 3 is 2.48 bits per heavy atom. The van der Waals surface area contributed by atoms with E-state index in [1.165, 1.54) is 30.6 Å². The molecule has 3 aliphatic heterocycles. The van der Waals surface area contributed by atoms with Gasteiger partial charge in [-0.05, 0) is 93.5 Å². The molecule has 2 atom stereocenters. The van der Waals surface area contributed by atoms with Crippen LogP contribution in [-0.4, -0.2) is 73.4 Å². The number of nitrogens with two attached hydrogens (primary N) is 1. The summed E-state index contributed by atoms with van der Waals surface area (Å²) in [5.41, 5.74) is 6.08. The van der Waals surface area contributed by atoms with E-state index in [0.717, 1.165) is 11.3 Å². The molecular formula is C38H40N10O8. The number of hydrogen-bond donors (Lipinski definition) is 6. The van der Waals surface area contributed by atoms with Gasteiger partial charge in [0.05, 0.1) is 11.1 Å². The first-order valence-electron chi connectivity index (χ1n) is 18.7. The molecule has 0 bridgehead atoms. The Balaban J connectivity index is 0.802. The van der Waals surface area contributed by atoms with Crippen molar-refractivity contribution in [2.45, 2.75) is 82.8 Å². The van der Waals surface area contributed by atoms with E-state index in [9.17, 15) is 38.4 Å². The number of imide groups is 2. The molecule has 0 radical (unpaired) electrons. The summed E-state index contributed by atoms with van der Waals surface area (Å²) < 4.78 is 1.57. The molecule has 1 aromatic carbocycles. The zero-order valence-corrected chi connectivity index (χ0v) is 30.5. The molecule has 18 nitrogen and oxygen atoms in total. The highest BCUT2D eigenvalue weighted by Crippen LogP contribution is 2.63. The summed E-state index contributed by atoms with van der Waals surface area (Å²) >= 11 is 0. The fourth-order valence-electron chi connectivity index (χ4n) is 8.73. The maximum absolute atomic E-state index is 13.8. The molecule has 2 saturated carbocycles. The van der Waals surface area contributed by atoms with E-state index in [1.807, 2.05) is 0 Å². The summed E-state index contributed by atoms with van der Waals surface area (Å²) in [6.07, 6.45) is 5.62. The van der Waals surface area contributed by atoms with E-state index >= 15 is 0 Å². The number of aryl methyl sites for hydroxylation is 1. The molecule has 8 rings (SSSR count). The molecule has 290 valence electrons. The predicted molar refractivity (Wildman–Crippen MR) is 198 cm³/mol. The van der Waals surface area contributed by atoms with Gasteiger partial charge in [-0.1, -0.05) is 0 Å². The van der Waals surface area contributed by atoms with E-state index in [-0.39, 0.29) is 76.5 Å². The van der Waals surface area contributed by atoms with Crippen molar-refractivity contribution >= 4 is 64.4 Å². The number of aromatic nitrogens is 3. The molecule has 2 unspecified atom stereocenters. The Morgan fingerprint density at radius 2 is 1.73 bits per heavy atom. The average molecular weight is 765 g/mol. The van der Waals surface area contributed by atoms with E-state index in [1.54, 1.807) is 17.6 Å². The van der Waals surface area contributed by atoms with Crippen LogP contribution in [0.2, 0.25) is 0 Å². The van der Waals surface area contributed by atoms with Crippen LogP contribution < -0.4 is 37.9 Å². The van der Waals surface area contributed by atoms with Crippen LogP contribution in [0.3, 0.4) is 0 Å². The van der Waals surface area contributed by atoms with Crippen molar-refractivity contribution in [1.82, 2.24) is 35.4 Å². The normalized spacial score (nSPS) is 24.8. The second kappa shape index (κ2) is 13.7. The van der Waals surface area contributed by atoms with Crippen LogP contribution in [0.4, 0.5) is 23.0 Å². The van der Waals surface area contributed by atoms with Gasteiger partial charge in [0.25, 0.3) is 23.3 Å². The van der Waals surface area contributed by atoms with E-state index in [0.29, 0.717) is 67.8 Å². The Morgan fingerprint density at radius 1 is 0.964 bits per heavy atom. The van der Waals surface area contributed by atoms with Crippen molar-refractivity contribution in [2.24, 2.45) is 11.3 Å². The van der Waals surface area contributed by atoms with Crippen LogP contribution in [-0.2, 0) is 24.8 Å². The Labute approximate surface area is 319 Å². The fourth-order valence-corrected chi connectivity index (χ4v) is 8.73. The topological polar surface area (TPSA) is 257 Å². The van der Waals surface area contributed by atoms with Gasteiger partial charge in [-0.2, -0.15) is 0 Å². The minimum absolute atomic E-state index is 0.0168. The SMILES string of the molecule is Cc1cc(Nc2cc(N)ncn2)c(=O)n2c1C(=O)NC21CCC2(CC1)CC2C(=O)NCCCCC(=O)Nc1ccc2c(c1)C(=O)N(C1CCC(=O)NC1=O)C2=O. The fraction of sp³-hybridized carbons (Fsp3) is 0.421. The lowest BCUT2D eigenvalue weighted by Gasteiger charge is -2.39. The van der Waals surface area contributed by atoms with Gasteiger partial charge in [-0.15, -0.1) is 0 Å². The number of amides is 7. The molecule has 3 fully saturated rings. The molecule has 2 aliphatic carbocycles. The third-order valence-corrected chi connectivity index (χ3v) is 11.8. The van der Waals surface area contributed by atoms with Crippen molar-refractivity contribution in [2.75, 3.05) is 22.9 Å². The van der Waals surface area contributed by atoms with Crippen LogP contribution in [0.15, 0.2) is 41.5 Å². The van der Waals surface area contributed by atoms with Crippen molar-refractivity contribution in [1.29, 1.82) is 0 Å². The first-order valence-corrected chi connectivity index (χ1v) is 18.7. The second-order valence-corrected chi connectivity index (χ2v) is 15.3. The quantitative estimate of drug-likeness (QED) is 0.127. The van der Waals surface area contributed by atoms with Crippen LogP contribution >= 0.6 is 0 Å². The summed E-state index contributed by atoms with van der Waals surface area (Å²) in [5.74, 6) is -2.66. The number of nitrogens with one attached hydrogen (secondary N) is 5. The van der Waals surface area contributed by atoms with Crippen LogP contribution in [0.1, 0.15) is 101 Å². The summed E-state index contributed by atoms with van der Waals surface area (Å²) in [5, 5.41) is 14.0. The van der Waals surface area contributed by atoms with Crippen molar-refractivity contribution < 1.29 is 33.6 Å². The lowest BCUT2D eigenvalue weighted by Crippen LogP contribution is -2.54. The molecule has 5 aliphatic rings. The standard InChI is InChI=1S/C38H40N10O8/c1-19-14-24(44-27-16-26(39)41-18-42-27)36(56)48-30(19)33(53)46-38(48)11-9-37(10-12-38)17-23(37)31(51)40-13-3-2-4-28(49)43-20-5-6-21-22(15-20)35(55)47(34(21)54)25-7-8-29(50)45-32(25)52/h5-6,14-16,18,23,25H,2-4,7-13,17H2,1H3,(H,40,51)(H,43,49)(H,46,53)(H,45,50,52)(H3,39,41,42,44). The Kier molecular flexibility index (Phi) is 8.92. The van der Waals surface area contributed by atoms with E-state index < -0.39 is 35.3 Å². The number of carbonyl (C=O) groups is 7. The van der Waals surface area contributed by atoms with Gasteiger partial charge in [0.2, 0.25) is 23.6 Å². The van der Waals surface area contributed by atoms with Gasteiger partial charge in [0, 0.05) is 37.1 Å². The van der Waals surface area contributed by atoms with E-state index in [4.69, 9.17) is 5.73 Å². The van der Waals surface area contributed by atoms with Gasteiger partial charge in [-0.25, -0.2) is 9.97 Å². The summed E-state index contributed by atoms with van der Waals surface area (Å²) in [7, 11) is 0. The number of unbranched alkanes of at least 4 members (excludes halogenated alkanes) is 1. The number of nitrogen functional groups attached to an aromatic ring is 1. The smallest absolute Gasteiger partial charge is 0.276 e. The van der Waals surface area contributed by atoms with Crippen LogP contribution in [0.5, 0.6) is 0 Å². The number of benzene rings is 1. The summed E-state index contributed by atoms with van der Waals surface area (Å²) in [6.45, 7) is 2.17. The number of pyridine rings is 1. The Hall–Kier alpha value is -6.46.